The fourth-order valence-corrected chi connectivity index (χ4v) is 2.56. The van der Waals surface area contributed by atoms with Gasteiger partial charge in [-0.2, -0.15) is 0 Å². The van der Waals surface area contributed by atoms with Gasteiger partial charge in [-0.25, -0.2) is 4.52 Å². The fraction of sp³-hybridized carbons (Fsp3) is 0.467. The van der Waals surface area contributed by atoms with Crippen LogP contribution in [0.4, 0.5) is 0 Å². The summed E-state index contributed by atoms with van der Waals surface area (Å²) in [5.74, 6) is 0.648. The number of hydrogen-bond donors (Lipinski definition) is 1. The van der Waals surface area contributed by atoms with Crippen molar-refractivity contribution >= 4 is 8.18 Å². The van der Waals surface area contributed by atoms with Crippen molar-refractivity contribution in [2.24, 2.45) is 0 Å². The minimum absolute atomic E-state index is 0.648. The average molecular weight is 295 g/mol. The Morgan fingerprint density at radius 2 is 2.00 bits per heavy atom. The topological polar surface area (TPSA) is 41.6 Å². The van der Waals surface area contributed by atoms with Gasteiger partial charge in [-0.15, -0.1) is 0 Å². The maximum Gasteiger partial charge on any atom is 0.666 e. The number of rotatable bonds is 10. The number of benzene rings is 1. The molecule has 20 heavy (non-hydrogen) atoms. The van der Waals surface area contributed by atoms with Crippen LogP contribution in [-0.2, 0) is 4.57 Å². The summed E-state index contributed by atoms with van der Waals surface area (Å²) in [5, 5.41) is 3.22. The van der Waals surface area contributed by atoms with Gasteiger partial charge in [0.25, 0.3) is 0 Å². The van der Waals surface area contributed by atoms with Gasteiger partial charge in [0.05, 0.1) is 6.54 Å². The van der Waals surface area contributed by atoms with E-state index >= 15 is 0 Å². The summed E-state index contributed by atoms with van der Waals surface area (Å²) < 4.78 is 19.4. The number of nitrogens with one attached hydrogen (secondary N) is 1. The molecule has 1 atom stereocenters. The molecule has 0 saturated heterocycles. The quantitative estimate of drug-likeness (QED) is 0.407. The van der Waals surface area contributed by atoms with E-state index in [1.807, 2.05) is 41.9 Å². The number of para-hydroxylation sites is 1. The molecule has 0 aliphatic carbocycles. The van der Waals surface area contributed by atoms with Crippen molar-refractivity contribution in [2.75, 3.05) is 26.2 Å². The lowest BCUT2D eigenvalue weighted by atomic mass is 10.3. The van der Waals surface area contributed by atoms with Gasteiger partial charge in [-0.05, 0) is 32.0 Å². The van der Waals surface area contributed by atoms with Crippen molar-refractivity contribution in [1.29, 1.82) is 0 Å². The molecule has 4 nitrogen and oxygen atoms in total. The zero-order valence-corrected chi connectivity index (χ0v) is 13.2. The maximum absolute atomic E-state index is 12.1. The van der Waals surface area contributed by atoms with E-state index in [2.05, 4.69) is 24.4 Å². The Morgan fingerprint density at radius 3 is 2.65 bits per heavy atom. The summed E-state index contributed by atoms with van der Waals surface area (Å²) in [5.41, 5.74) is 0. The zero-order valence-electron chi connectivity index (χ0n) is 12.3. The summed E-state index contributed by atoms with van der Waals surface area (Å²) in [7, 11) is -1.81. The molecule has 0 radical (unpaired) electrons. The van der Waals surface area contributed by atoms with Crippen LogP contribution in [0.5, 0.6) is 5.75 Å². The molecule has 0 aliphatic rings. The number of likely N-dealkylation sites (N-methyl/N-ethyl adjacent to an activating group) is 1. The smallest absolute Gasteiger partial charge is 0.314 e. The van der Waals surface area contributed by atoms with Crippen molar-refractivity contribution in [1.82, 2.24) is 9.99 Å². The first-order chi connectivity index (χ1) is 9.77. The molecule has 0 bridgehead atoms. The third-order valence-corrected chi connectivity index (χ3v) is 4.07. The molecule has 0 spiro atoms. The molecular weight excluding hydrogens is 271 g/mol. The summed E-state index contributed by atoms with van der Waals surface area (Å²) in [6.07, 6.45) is 5.08. The largest absolute Gasteiger partial charge is 0.666 e. The molecule has 1 unspecified atom stereocenters. The van der Waals surface area contributed by atoms with Crippen LogP contribution in [0.2, 0.25) is 0 Å². The zero-order chi connectivity index (χ0) is 14.6. The third kappa shape index (κ3) is 6.80. The Hall–Kier alpha value is -1.22. The van der Waals surface area contributed by atoms with Gasteiger partial charge in [-0.1, -0.05) is 41.9 Å². The molecule has 5 heteroatoms. The first-order valence-electron chi connectivity index (χ1n) is 7.08. The molecule has 0 heterocycles. The molecule has 0 fully saturated rings. The Bertz CT molecular complexity index is 410. The van der Waals surface area contributed by atoms with Crippen molar-refractivity contribution in [3.8, 4) is 5.75 Å². The summed E-state index contributed by atoms with van der Waals surface area (Å²) in [4.78, 5) is 0. The van der Waals surface area contributed by atoms with Crippen LogP contribution in [0.1, 0.15) is 20.3 Å². The molecule has 110 valence electrons. The third-order valence-electron chi connectivity index (χ3n) is 2.76. The van der Waals surface area contributed by atoms with Gasteiger partial charge in [0.15, 0.2) is 5.75 Å². The Labute approximate surface area is 122 Å². The van der Waals surface area contributed by atoms with Crippen molar-refractivity contribution in [3.05, 3.63) is 42.5 Å². The molecule has 0 saturated carbocycles. The first kappa shape index (κ1) is 16.8. The number of nitrogens with zero attached hydrogens (tertiary/aromatic N) is 1. The van der Waals surface area contributed by atoms with Crippen molar-refractivity contribution < 1.29 is 9.09 Å². The summed E-state index contributed by atoms with van der Waals surface area (Å²) >= 11 is 0. The second-order valence-corrected chi connectivity index (χ2v) is 5.48. The maximum atomic E-state index is 12.1. The van der Waals surface area contributed by atoms with E-state index in [9.17, 15) is 4.57 Å². The highest BCUT2D eigenvalue weighted by Gasteiger charge is 2.29. The van der Waals surface area contributed by atoms with Crippen LogP contribution in [0, 0.1) is 0 Å². The summed E-state index contributed by atoms with van der Waals surface area (Å²) in [6, 6.07) is 9.29. The highest BCUT2D eigenvalue weighted by molar-refractivity contribution is 7.36. The van der Waals surface area contributed by atoms with Crippen molar-refractivity contribution in [2.45, 2.75) is 20.3 Å². The van der Waals surface area contributed by atoms with E-state index < -0.39 is 8.18 Å². The number of hydrogen-bond acceptors (Lipinski definition) is 3. The standard InChI is InChI=1S/C15H24N2O2P/c1-3-16-13-9-6-10-14-17(4-2)20(18)19-15-11-7-5-8-12-15/h5-9,11-12,16H,3-4,10,13-14H2,1-2H3/q+1/b9-6-. The van der Waals surface area contributed by atoms with Crippen LogP contribution >= 0.6 is 8.18 Å². The predicted molar refractivity (Wildman–Crippen MR) is 84.2 cm³/mol. The van der Waals surface area contributed by atoms with E-state index in [-0.39, 0.29) is 0 Å². The Balaban J connectivity index is 2.34. The Morgan fingerprint density at radius 1 is 1.25 bits per heavy atom. The second-order valence-electron chi connectivity index (χ2n) is 4.26. The summed E-state index contributed by atoms with van der Waals surface area (Å²) in [6.45, 7) is 7.38. The van der Waals surface area contributed by atoms with Gasteiger partial charge >= 0.3 is 8.18 Å². The lowest BCUT2D eigenvalue weighted by Gasteiger charge is -2.05. The lowest BCUT2D eigenvalue weighted by molar-refractivity contribution is 0.387. The monoisotopic (exact) mass is 295 g/mol. The molecule has 1 N–H and O–H groups in total. The molecule has 0 aliphatic heterocycles. The first-order valence-corrected chi connectivity index (χ1v) is 8.21. The van der Waals surface area contributed by atoms with E-state index in [1.54, 1.807) is 0 Å². The van der Waals surface area contributed by atoms with Crippen LogP contribution in [0.15, 0.2) is 42.5 Å². The highest BCUT2D eigenvalue weighted by atomic mass is 31.1. The minimum atomic E-state index is -1.81. The van der Waals surface area contributed by atoms with E-state index in [0.29, 0.717) is 12.3 Å². The fourth-order valence-electron chi connectivity index (χ4n) is 1.64. The molecule has 0 aromatic heterocycles. The van der Waals surface area contributed by atoms with Gasteiger partial charge in [0, 0.05) is 17.7 Å². The van der Waals surface area contributed by atoms with Crippen LogP contribution < -0.4 is 9.84 Å². The van der Waals surface area contributed by atoms with Gasteiger partial charge in [0.1, 0.15) is 0 Å². The van der Waals surface area contributed by atoms with Crippen LogP contribution in [0.3, 0.4) is 0 Å². The van der Waals surface area contributed by atoms with E-state index in [0.717, 1.165) is 26.1 Å². The predicted octanol–water partition coefficient (Wildman–Crippen LogP) is 3.60. The second kappa shape index (κ2) is 10.6. The van der Waals surface area contributed by atoms with E-state index in [4.69, 9.17) is 4.52 Å². The van der Waals surface area contributed by atoms with Gasteiger partial charge in [0.2, 0.25) is 0 Å². The normalized spacial score (nSPS) is 12.1. The molecule has 1 rings (SSSR count). The molecule has 1 aromatic carbocycles. The molecule has 1 aromatic rings. The molecular formula is C15H24N2O2P+. The molecule has 0 amide bonds. The van der Waals surface area contributed by atoms with Crippen LogP contribution in [-0.4, -0.2) is 30.8 Å². The SMILES string of the molecule is CCNC/C=C\CCN(CC)[P+](=O)Oc1ccccc1. The lowest BCUT2D eigenvalue weighted by Crippen LogP contribution is -2.18. The Kier molecular flexibility index (Phi) is 8.88. The van der Waals surface area contributed by atoms with Crippen molar-refractivity contribution in [3.63, 3.8) is 0 Å². The van der Waals surface area contributed by atoms with Gasteiger partial charge in [-0.3, -0.25) is 0 Å². The highest BCUT2D eigenvalue weighted by Crippen LogP contribution is 2.30. The average Bonchev–Trinajstić information content (AvgIpc) is 2.47. The van der Waals surface area contributed by atoms with E-state index in [1.165, 1.54) is 0 Å². The van der Waals surface area contributed by atoms with Gasteiger partial charge < -0.3 is 5.32 Å². The van der Waals surface area contributed by atoms with Crippen LogP contribution in [0.25, 0.3) is 0 Å². The minimum Gasteiger partial charge on any atom is -0.314 e.